The van der Waals surface area contributed by atoms with Crippen molar-refractivity contribution in [1.82, 2.24) is 10.2 Å². The van der Waals surface area contributed by atoms with Crippen LogP contribution in [0.25, 0.3) is 0 Å². The van der Waals surface area contributed by atoms with Crippen molar-refractivity contribution in [3.63, 3.8) is 0 Å². The molecule has 2 amide bonds. The molecule has 0 aliphatic heterocycles. The zero-order valence-corrected chi connectivity index (χ0v) is 23.0. The number of sulfonamides is 1. The van der Waals surface area contributed by atoms with Crippen molar-refractivity contribution in [2.24, 2.45) is 0 Å². The third kappa shape index (κ3) is 7.66. The summed E-state index contributed by atoms with van der Waals surface area (Å²) in [6, 6.07) is 21.3. The molecular weight excluding hydrogens is 526 g/mol. The smallest absolute Gasteiger partial charge is 0.244 e. The van der Waals surface area contributed by atoms with E-state index in [2.05, 4.69) is 5.32 Å². The predicted octanol–water partition coefficient (Wildman–Crippen LogP) is 3.69. The van der Waals surface area contributed by atoms with Gasteiger partial charge in [-0.25, -0.2) is 8.42 Å². The fourth-order valence-electron chi connectivity index (χ4n) is 4.00. The molecule has 0 heterocycles. The van der Waals surface area contributed by atoms with E-state index in [1.165, 1.54) is 31.0 Å². The molecule has 0 saturated heterocycles. The van der Waals surface area contributed by atoms with Gasteiger partial charge in [0.15, 0.2) is 5.78 Å². The lowest BCUT2D eigenvalue weighted by Crippen LogP contribution is -2.52. The first-order valence-corrected chi connectivity index (χ1v) is 14.1. The first-order valence-electron chi connectivity index (χ1n) is 11.9. The summed E-state index contributed by atoms with van der Waals surface area (Å²) in [6.07, 6.45) is 1.21. The van der Waals surface area contributed by atoms with Crippen LogP contribution in [-0.2, 0) is 32.6 Å². The maximum Gasteiger partial charge on any atom is 0.244 e. The highest BCUT2D eigenvalue weighted by Crippen LogP contribution is 2.22. The van der Waals surface area contributed by atoms with Gasteiger partial charge in [-0.2, -0.15) is 0 Å². The van der Waals surface area contributed by atoms with Crippen molar-refractivity contribution in [3.8, 4) is 0 Å². The molecule has 0 bridgehead atoms. The Bertz CT molecular complexity index is 1400. The number of ketones is 1. The largest absolute Gasteiger partial charge is 0.357 e. The number of nitrogens with one attached hydrogen (secondary N) is 1. The van der Waals surface area contributed by atoms with E-state index in [4.69, 9.17) is 11.6 Å². The summed E-state index contributed by atoms with van der Waals surface area (Å²) in [4.78, 5) is 40.2. The molecule has 3 aromatic carbocycles. The molecule has 0 spiro atoms. The van der Waals surface area contributed by atoms with Crippen LogP contribution >= 0.6 is 11.6 Å². The van der Waals surface area contributed by atoms with Gasteiger partial charge in [0.25, 0.3) is 0 Å². The number of carbonyl (C=O) groups is 3. The van der Waals surface area contributed by atoms with E-state index < -0.39 is 28.5 Å². The van der Waals surface area contributed by atoms with Gasteiger partial charge in [0, 0.05) is 30.6 Å². The van der Waals surface area contributed by atoms with Gasteiger partial charge in [-0.15, -0.1) is 0 Å². The highest BCUT2D eigenvalue weighted by molar-refractivity contribution is 7.92. The minimum absolute atomic E-state index is 0.0476. The van der Waals surface area contributed by atoms with Crippen LogP contribution in [0.5, 0.6) is 0 Å². The molecule has 0 radical (unpaired) electrons. The molecule has 0 saturated carbocycles. The second-order valence-corrected chi connectivity index (χ2v) is 11.2. The second kappa shape index (κ2) is 12.7. The van der Waals surface area contributed by atoms with Crippen molar-refractivity contribution in [3.05, 3.63) is 101 Å². The number of Topliss-reactive ketones (excluding diaryl/α,β-unsaturated/α-hetero) is 1. The molecule has 3 aromatic rings. The molecule has 0 aliphatic carbocycles. The summed E-state index contributed by atoms with van der Waals surface area (Å²) in [5, 5.41) is 3.15. The molecule has 1 N–H and O–H groups in total. The minimum atomic E-state index is -3.92. The molecule has 38 heavy (non-hydrogen) atoms. The average Bonchev–Trinajstić information content (AvgIpc) is 2.89. The second-order valence-electron chi connectivity index (χ2n) is 8.84. The van der Waals surface area contributed by atoms with E-state index in [0.29, 0.717) is 16.1 Å². The predicted molar refractivity (Wildman–Crippen MR) is 149 cm³/mol. The molecule has 8 nitrogen and oxygen atoms in total. The molecule has 0 aliphatic rings. The number of likely N-dealkylation sites (N-methyl/N-ethyl adjacent to an activating group) is 1. The van der Waals surface area contributed by atoms with Crippen LogP contribution < -0.4 is 9.62 Å². The van der Waals surface area contributed by atoms with E-state index in [1.807, 2.05) is 30.3 Å². The van der Waals surface area contributed by atoms with E-state index in [1.54, 1.807) is 36.4 Å². The standard InChI is InChI=1S/C28H30ClN3O5S/c1-20(33)23-10-7-11-25(17-23)32(38(3,36)37)19-27(34)31(18-22-12-14-24(29)15-13-22)26(28(35)30-2)16-21-8-5-4-6-9-21/h4-15,17,26H,16,18-19H2,1-3H3,(H,30,35)/t26-/m0/s1. The van der Waals surface area contributed by atoms with Gasteiger partial charge in [0.05, 0.1) is 11.9 Å². The number of benzene rings is 3. The Morgan fingerprint density at radius 1 is 0.921 bits per heavy atom. The van der Waals surface area contributed by atoms with Gasteiger partial charge in [0.2, 0.25) is 21.8 Å². The molecule has 3 rings (SSSR count). The first-order chi connectivity index (χ1) is 18.0. The van der Waals surface area contributed by atoms with Crippen LogP contribution in [0.4, 0.5) is 5.69 Å². The maximum atomic E-state index is 13.9. The Morgan fingerprint density at radius 2 is 1.58 bits per heavy atom. The van der Waals surface area contributed by atoms with Crippen molar-refractivity contribution in [2.75, 3.05) is 24.2 Å². The summed E-state index contributed by atoms with van der Waals surface area (Å²) < 4.78 is 26.5. The molecule has 200 valence electrons. The zero-order valence-electron chi connectivity index (χ0n) is 21.4. The Kier molecular flexibility index (Phi) is 9.66. The maximum absolute atomic E-state index is 13.9. The summed E-state index contributed by atoms with van der Waals surface area (Å²) in [5.74, 6) is -1.21. The van der Waals surface area contributed by atoms with Crippen molar-refractivity contribution >= 4 is 44.9 Å². The lowest BCUT2D eigenvalue weighted by Gasteiger charge is -2.33. The number of nitrogens with zero attached hydrogens (tertiary/aromatic N) is 2. The molecule has 10 heteroatoms. The number of amides is 2. The SMILES string of the molecule is CNC(=O)[C@H](Cc1ccccc1)N(Cc1ccc(Cl)cc1)C(=O)CN(c1cccc(C(C)=O)c1)S(C)(=O)=O. The Morgan fingerprint density at radius 3 is 2.16 bits per heavy atom. The van der Waals surface area contributed by atoms with E-state index >= 15 is 0 Å². The number of hydrogen-bond donors (Lipinski definition) is 1. The number of carbonyl (C=O) groups excluding carboxylic acids is 3. The Labute approximate surface area is 228 Å². The number of hydrogen-bond acceptors (Lipinski definition) is 5. The van der Waals surface area contributed by atoms with Gasteiger partial charge in [-0.3, -0.25) is 18.7 Å². The molecule has 0 aromatic heterocycles. The number of halogens is 1. The van der Waals surface area contributed by atoms with Gasteiger partial charge in [-0.05, 0) is 42.3 Å². The van der Waals surface area contributed by atoms with Crippen molar-refractivity contribution < 1.29 is 22.8 Å². The lowest BCUT2D eigenvalue weighted by molar-refractivity contribution is -0.139. The van der Waals surface area contributed by atoms with Crippen LogP contribution in [0.1, 0.15) is 28.4 Å². The first kappa shape index (κ1) is 28.9. The highest BCUT2D eigenvalue weighted by atomic mass is 35.5. The minimum Gasteiger partial charge on any atom is -0.357 e. The molecule has 1 atom stereocenters. The van der Waals surface area contributed by atoms with E-state index in [9.17, 15) is 22.8 Å². The van der Waals surface area contributed by atoms with E-state index in [-0.39, 0.29) is 30.3 Å². The summed E-state index contributed by atoms with van der Waals surface area (Å²) >= 11 is 6.03. The van der Waals surface area contributed by atoms with Gasteiger partial charge in [-0.1, -0.05) is 66.2 Å². The highest BCUT2D eigenvalue weighted by Gasteiger charge is 2.32. The van der Waals surface area contributed by atoms with Crippen molar-refractivity contribution in [1.29, 1.82) is 0 Å². The van der Waals surface area contributed by atoms with Crippen LogP contribution in [0.3, 0.4) is 0 Å². The molecule has 0 unspecified atom stereocenters. The quantitative estimate of drug-likeness (QED) is 0.363. The molecule has 0 fully saturated rings. The topological polar surface area (TPSA) is 104 Å². The lowest BCUT2D eigenvalue weighted by atomic mass is 10.0. The van der Waals surface area contributed by atoms with Crippen molar-refractivity contribution in [2.45, 2.75) is 25.9 Å². The van der Waals surface area contributed by atoms with Crippen LogP contribution in [0, 0.1) is 0 Å². The monoisotopic (exact) mass is 555 g/mol. The average molecular weight is 556 g/mol. The number of anilines is 1. The summed E-state index contributed by atoms with van der Waals surface area (Å²) in [5.41, 5.74) is 2.05. The fraction of sp³-hybridized carbons (Fsp3) is 0.250. The van der Waals surface area contributed by atoms with E-state index in [0.717, 1.165) is 16.1 Å². The number of rotatable bonds is 11. The summed E-state index contributed by atoms with van der Waals surface area (Å²) in [6.45, 7) is 0.864. The molecular formula is C28H30ClN3O5S. The summed E-state index contributed by atoms with van der Waals surface area (Å²) in [7, 11) is -2.43. The fourth-order valence-corrected chi connectivity index (χ4v) is 4.97. The third-order valence-electron chi connectivity index (χ3n) is 6.00. The van der Waals surface area contributed by atoms with Gasteiger partial charge in [0.1, 0.15) is 12.6 Å². The normalized spacial score (nSPS) is 11.9. The third-order valence-corrected chi connectivity index (χ3v) is 7.40. The van der Waals surface area contributed by atoms with Crippen LogP contribution in [-0.4, -0.2) is 56.8 Å². The van der Waals surface area contributed by atoms with Crippen LogP contribution in [0.15, 0.2) is 78.9 Å². The van der Waals surface area contributed by atoms with Crippen LogP contribution in [0.2, 0.25) is 5.02 Å². The Hall–Kier alpha value is -3.69. The van der Waals surface area contributed by atoms with Gasteiger partial charge < -0.3 is 10.2 Å². The van der Waals surface area contributed by atoms with Gasteiger partial charge >= 0.3 is 0 Å². The Balaban J connectivity index is 2.03. The zero-order chi connectivity index (χ0) is 27.9.